The van der Waals surface area contributed by atoms with E-state index in [1.807, 2.05) is 0 Å². The van der Waals surface area contributed by atoms with Gasteiger partial charge in [0.2, 0.25) is 0 Å². The highest BCUT2D eigenvalue weighted by Gasteiger charge is 2.38. The van der Waals surface area contributed by atoms with Crippen LogP contribution in [0.5, 0.6) is 0 Å². The number of non-ortho nitro benzene ring substituents is 1. The second-order valence-electron chi connectivity index (χ2n) is 8.11. The number of azide groups is 1. The lowest BCUT2D eigenvalue weighted by atomic mass is 9.80. The molecule has 2 aromatic carbocycles. The van der Waals surface area contributed by atoms with E-state index in [0.29, 0.717) is 17.0 Å². The fraction of sp³-hybridized carbons (Fsp3) is 0.269. The number of esters is 3. The van der Waals surface area contributed by atoms with Crippen molar-refractivity contribution in [2.24, 2.45) is 5.11 Å². The topological polar surface area (TPSA) is 183 Å². The zero-order valence-corrected chi connectivity index (χ0v) is 21.3. The second-order valence-corrected chi connectivity index (χ2v) is 8.11. The molecule has 1 N–H and O–H groups in total. The van der Waals surface area contributed by atoms with Gasteiger partial charge in [-0.15, -0.1) is 0 Å². The van der Waals surface area contributed by atoms with Gasteiger partial charge in [-0.3, -0.25) is 10.1 Å². The summed E-state index contributed by atoms with van der Waals surface area (Å²) in [6.45, 7) is 4.16. The summed E-state index contributed by atoms with van der Waals surface area (Å²) in [6.07, 6.45) is 0. The SMILES string of the molecule is [3H]c1ccc(N=[N+]=[N-])c(C(=O)OCCOC(=O)C2=C(C)NC(C)=C(C(=O)OCC)C2c2cccc([N+](=O)[O-])c2)c1. The molecule has 0 fully saturated rings. The lowest BCUT2D eigenvalue weighted by Crippen LogP contribution is -2.33. The molecule has 0 bridgehead atoms. The van der Waals surface area contributed by atoms with Gasteiger partial charge in [-0.25, -0.2) is 14.4 Å². The molecule has 0 aliphatic carbocycles. The molecule has 1 aliphatic rings. The second kappa shape index (κ2) is 12.9. The Morgan fingerprint density at radius 1 is 1.05 bits per heavy atom. The highest BCUT2D eigenvalue weighted by atomic mass is 16.6. The van der Waals surface area contributed by atoms with E-state index in [1.54, 1.807) is 26.8 Å². The summed E-state index contributed by atoms with van der Waals surface area (Å²) in [4.78, 5) is 52.2. The minimum absolute atomic E-state index is 0.00424. The maximum Gasteiger partial charge on any atom is 0.338 e. The van der Waals surface area contributed by atoms with Crippen LogP contribution in [-0.4, -0.2) is 42.7 Å². The molecule has 2 aromatic rings. The first-order chi connectivity index (χ1) is 19.1. The smallest absolute Gasteiger partial charge is 0.338 e. The number of ether oxygens (including phenoxy) is 3. The summed E-state index contributed by atoms with van der Waals surface area (Å²) in [5.74, 6) is -3.49. The maximum absolute atomic E-state index is 13.3. The van der Waals surface area contributed by atoms with Crippen LogP contribution in [-0.2, 0) is 23.8 Å². The molecule has 1 unspecified atom stereocenters. The molecule has 0 radical (unpaired) electrons. The van der Waals surface area contributed by atoms with Gasteiger partial charge in [0, 0.05) is 28.4 Å². The van der Waals surface area contributed by atoms with E-state index < -0.39 is 28.7 Å². The quantitative estimate of drug-likeness (QED) is 0.0654. The van der Waals surface area contributed by atoms with Gasteiger partial charge in [-0.05, 0) is 37.9 Å². The molecule has 13 heteroatoms. The van der Waals surface area contributed by atoms with Crippen molar-refractivity contribution in [3.05, 3.63) is 103 Å². The zero-order chi connectivity index (χ0) is 29.4. The summed E-state index contributed by atoms with van der Waals surface area (Å²) in [6, 6.07) is 9.38. The van der Waals surface area contributed by atoms with Crippen LogP contribution in [0.4, 0.5) is 11.4 Å². The highest BCUT2D eigenvalue weighted by molar-refractivity contribution is 6.00. The molecular weight excluding hydrogens is 510 g/mol. The van der Waals surface area contributed by atoms with Crippen LogP contribution in [0, 0.1) is 10.1 Å². The lowest BCUT2D eigenvalue weighted by Gasteiger charge is -2.30. The van der Waals surface area contributed by atoms with Gasteiger partial charge < -0.3 is 19.5 Å². The van der Waals surface area contributed by atoms with Crippen LogP contribution in [0.3, 0.4) is 0 Å². The Morgan fingerprint density at radius 3 is 2.31 bits per heavy atom. The van der Waals surface area contributed by atoms with Gasteiger partial charge in [-0.1, -0.05) is 35.4 Å². The van der Waals surface area contributed by atoms with Gasteiger partial charge in [0.05, 0.1) is 41.2 Å². The molecule has 202 valence electrons. The lowest BCUT2D eigenvalue weighted by molar-refractivity contribution is -0.384. The van der Waals surface area contributed by atoms with Crippen molar-refractivity contribution >= 4 is 29.3 Å². The first-order valence-corrected chi connectivity index (χ1v) is 11.7. The molecule has 3 rings (SSSR count). The molecule has 39 heavy (non-hydrogen) atoms. The summed E-state index contributed by atoms with van der Waals surface area (Å²) in [5, 5.41) is 17.8. The minimum Gasteiger partial charge on any atom is -0.463 e. The number of allylic oxidation sites excluding steroid dienone is 2. The highest BCUT2D eigenvalue weighted by Crippen LogP contribution is 2.40. The first-order valence-electron chi connectivity index (χ1n) is 12.2. The number of rotatable bonds is 10. The van der Waals surface area contributed by atoms with Crippen molar-refractivity contribution in [2.45, 2.75) is 26.7 Å². The van der Waals surface area contributed by atoms with Crippen molar-refractivity contribution in [1.29, 1.82) is 0 Å². The van der Waals surface area contributed by atoms with Crippen LogP contribution in [0.1, 0.15) is 44.0 Å². The predicted molar refractivity (Wildman–Crippen MR) is 137 cm³/mol. The summed E-state index contributed by atoms with van der Waals surface area (Å²) < 4.78 is 23.4. The van der Waals surface area contributed by atoms with E-state index >= 15 is 0 Å². The minimum atomic E-state index is -1.04. The summed E-state index contributed by atoms with van der Waals surface area (Å²) >= 11 is 0. The van der Waals surface area contributed by atoms with Crippen molar-refractivity contribution in [1.82, 2.24) is 5.32 Å². The van der Waals surface area contributed by atoms with Gasteiger partial charge in [0.25, 0.3) is 5.69 Å². The van der Waals surface area contributed by atoms with Crippen LogP contribution < -0.4 is 5.32 Å². The van der Waals surface area contributed by atoms with Crippen molar-refractivity contribution in [3.63, 3.8) is 0 Å². The molecule has 1 atom stereocenters. The number of nitrogens with zero attached hydrogens (tertiary/aromatic N) is 4. The molecule has 1 aliphatic heterocycles. The van der Waals surface area contributed by atoms with Crippen LogP contribution in [0.25, 0.3) is 10.4 Å². The van der Waals surface area contributed by atoms with Crippen molar-refractivity contribution < 1.29 is 34.9 Å². The van der Waals surface area contributed by atoms with E-state index in [2.05, 4.69) is 15.3 Å². The number of hydrogen-bond donors (Lipinski definition) is 1. The molecule has 0 saturated carbocycles. The monoisotopic (exact) mass is 537 g/mol. The van der Waals surface area contributed by atoms with Gasteiger partial charge in [0.15, 0.2) is 0 Å². The number of nitrogens with one attached hydrogen (secondary N) is 1. The zero-order valence-electron chi connectivity index (χ0n) is 22.3. The largest absolute Gasteiger partial charge is 0.463 e. The fourth-order valence-corrected chi connectivity index (χ4v) is 4.04. The van der Waals surface area contributed by atoms with E-state index in [0.717, 1.165) is 0 Å². The van der Waals surface area contributed by atoms with Gasteiger partial charge in [-0.2, -0.15) is 0 Å². The Kier molecular flexibility index (Phi) is 8.88. The molecule has 0 saturated heterocycles. The molecule has 0 aromatic heterocycles. The van der Waals surface area contributed by atoms with Gasteiger partial charge >= 0.3 is 17.9 Å². The molecular formula is C26H25N5O8. The normalized spacial score (nSPS) is 14.9. The third kappa shape index (κ3) is 6.59. The first kappa shape index (κ1) is 26.9. The number of dihydropyridines is 1. The standard InChI is InChI=1S/C26H25N5O8/c1-4-37-25(33)21-15(2)28-16(3)22(23(21)17-8-7-9-18(14-17)31(35)36)26(34)39-13-12-38-24(32)19-10-5-6-11-20(19)29-30-27/h5-11,14,23,28H,4,12-13H2,1-3H3/i5T. The number of hydrogen-bond acceptors (Lipinski definition) is 10. The Hall–Kier alpha value is -5.16. The van der Waals surface area contributed by atoms with E-state index in [9.17, 15) is 24.5 Å². The Bertz CT molecular complexity index is 1480. The van der Waals surface area contributed by atoms with Crippen molar-refractivity contribution in [3.8, 4) is 0 Å². The fourth-order valence-electron chi connectivity index (χ4n) is 4.04. The number of benzene rings is 2. The average Bonchev–Trinajstić information content (AvgIpc) is 2.91. The van der Waals surface area contributed by atoms with E-state index in [-0.39, 0.29) is 53.9 Å². The summed E-state index contributed by atoms with van der Waals surface area (Å²) in [5.41, 5.74) is 9.48. The molecule has 0 spiro atoms. The Morgan fingerprint density at radius 2 is 1.69 bits per heavy atom. The summed E-state index contributed by atoms with van der Waals surface area (Å²) in [7, 11) is 0. The van der Waals surface area contributed by atoms with Crippen LogP contribution in [0.2, 0.25) is 0 Å². The number of nitro benzene ring substituents is 1. The predicted octanol–water partition coefficient (Wildman–Crippen LogP) is 4.73. The van der Waals surface area contributed by atoms with Crippen molar-refractivity contribution in [2.75, 3.05) is 19.8 Å². The van der Waals surface area contributed by atoms with E-state index in [1.165, 1.54) is 36.4 Å². The van der Waals surface area contributed by atoms with Crippen LogP contribution >= 0.6 is 0 Å². The van der Waals surface area contributed by atoms with Gasteiger partial charge in [0.1, 0.15) is 13.2 Å². The third-order valence-electron chi connectivity index (χ3n) is 5.65. The number of carbonyl (C=O) groups excluding carboxylic acids is 3. The van der Waals surface area contributed by atoms with Crippen LogP contribution in [0.15, 0.2) is 76.2 Å². The molecule has 13 nitrogen and oxygen atoms in total. The third-order valence-corrected chi connectivity index (χ3v) is 5.65. The Labute approximate surface area is 224 Å². The Balaban J connectivity index is 1.83. The maximum atomic E-state index is 13.3. The number of carbonyl (C=O) groups is 3. The average molecular weight is 538 g/mol. The van der Waals surface area contributed by atoms with E-state index in [4.69, 9.17) is 21.1 Å². The number of nitro groups is 1. The molecule has 1 heterocycles. The molecule has 0 amide bonds.